The highest BCUT2D eigenvalue weighted by molar-refractivity contribution is 6.32. The summed E-state index contributed by atoms with van der Waals surface area (Å²) < 4.78 is 10.5. The Kier molecular flexibility index (Phi) is 7.16. The van der Waals surface area contributed by atoms with E-state index in [0.717, 1.165) is 0 Å². The molecule has 0 aliphatic rings. The van der Waals surface area contributed by atoms with E-state index in [-0.39, 0.29) is 18.4 Å². The lowest BCUT2D eigenvalue weighted by atomic mass is 10.2. The number of amides is 2. The van der Waals surface area contributed by atoms with E-state index in [1.54, 1.807) is 17.0 Å². The first-order valence-electron chi connectivity index (χ1n) is 7.36. The molecule has 1 rings (SSSR count). The first-order chi connectivity index (χ1) is 10.9. The molecule has 0 unspecified atom stereocenters. The van der Waals surface area contributed by atoms with Crippen LogP contribution in [0.4, 0.5) is 5.69 Å². The highest BCUT2D eigenvalue weighted by Gasteiger charge is 2.23. The number of benzene rings is 1. The van der Waals surface area contributed by atoms with Gasteiger partial charge >= 0.3 is 0 Å². The first-order valence-corrected chi connectivity index (χ1v) is 7.74. The normalized spacial score (nSPS) is 10.2. The molecule has 0 aromatic heterocycles. The van der Waals surface area contributed by atoms with Crippen molar-refractivity contribution >= 4 is 29.1 Å². The molecule has 0 fully saturated rings. The fraction of sp³-hybridized carbons (Fsp3) is 0.500. The van der Waals surface area contributed by atoms with E-state index in [4.69, 9.17) is 21.1 Å². The molecule has 0 saturated carbocycles. The number of hydrogen-bond donors (Lipinski definition) is 0. The topological polar surface area (TPSA) is 59.1 Å². The fourth-order valence-electron chi connectivity index (χ4n) is 2.23. The lowest BCUT2D eigenvalue weighted by Crippen LogP contribution is -2.42. The maximum Gasteiger partial charge on any atom is 0.242 e. The van der Waals surface area contributed by atoms with E-state index < -0.39 is 0 Å². The van der Waals surface area contributed by atoms with Crippen molar-refractivity contribution < 1.29 is 19.1 Å². The SMILES string of the molecule is CCN(CC)C(=O)CN(C(C)=O)c1cc(OC)c(Cl)cc1OC. The zero-order chi connectivity index (χ0) is 17.6. The number of nitrogens with zero attached hydrogens (tertiary/aromatic N) is 2. The summed E-state index contributed by atoms with van der Waals surface area (Å²) >= 11 is 6.08. The number of carbonyl (C=O) groups excluding carboxylic acids is 2. The molecule has 0 atom stereocenters. The second-order valence-corrected chi connectivity index (χ2v) is 5.24. The largest absolute Gasteiger partial charge is 0.495 e. The molecule has 0 aliphatic carbocycles. The summed E-state index contributed by atoms with van der Waals surface area (Å²) in [7, 11) is 2.96. The Hall–Kier alpha value is -1.95. The van der Waals surface area contributed by atoms with Crippen molar-refractivity contribution in [2.45, 2.75) is 20.8 Å². The summed E-state index contributed by atoms with van der Waals surface area (Å²) in [5.41, 5.74) is 0.446. The summed E-state index contributed by atoms with van der Waals surface area (Å²) in [6, 6.07) is 3.16. The Bertz CT molecular complexity index is 573. The Morgan fingerprint density at radius 3 is 2.09 bits per heavy atom. The van der Waals surface area contributed by atoms with Crippen LogP contribution in [0.25, 0.3) is 0 Å². The molecular weight excluding hydrogens is 320 g/mol. The van der Waals surface area contributed by atoms with Crippen LogP contribution in [0.15, 0.2) is 12.1 Å². The molecule has 6 nitrogen and oxygen atoms in total. The monoisotopic (exact) mass is 342 g/mol. The molecule has 0 bridgehead atoms. The molecule has 2 amide bonds. The van der Waals surface area contributed by atoms with Crippen LogP contribution in [0.5, 0.6) is 11.5 Å². The number of carbonyl (C=O) groups is 2. The zero-order valence-electron chi connectivity index (χ0n) is 14.2. The van der Waals surface area contributed by atoms with Gasteiger partial charge in [-0.25, -0.2) is 0 Å². The van der Waals surface area contributed by atoms with Gasteiger partial charge in [-0.05, 0) is 13.8 Å². The fourth-order valence-corrected chi connectivity index (χ4v) is 2.46. The smallest absolute Gasteiger partial charge is 0.242 e. The predicted molar refractivity (Wildman–Crippen MR) is 90.5 cm³/mol. The van der Waals surface area contributed by atoms with Crippen LogP contribution in [-0.4, -0.2) is 50.6 Å². The van der Waals surface area contributed by atoms with Gasteiger partial charge in [-0.15, -0.1) is 0 Å². The molecule has 0 saturated heterocycles. The summed E-state index contributed by atoms with van der Waals surface area (Å²) in [5.74, 6) is 0.400. The number of anilines is 1. The van der Waals surface area contributed by atoms with Crippen LogP contribution in [0.3, 0.4) is 0 Å². The van der Waals surface area contributed by atoms with Crippen LogP contribution in [0.1, 0.15) is 20.8 Å². The van der Waals surface area contributed by atoms with Gasteiger partial charge < -0.3 is 14.4 Å². The van der Waals surface area contributed by atoms with E-state index in [1.807, 2.05) is 13.8 Å². The van der Waals surface area contributed by atoms with Gasteiger partial charge in [0.1, 0.15) is 18.0 Å². The minimum absolute atomic E-state index is 0.0713. The number of rotatable bonds is 7. The highest BCUT2D eigenvalue weighted by Crippen LogP contribution is 2.38. The Morgan fingerprint density at radius 1 is 1.09 bits per heavy atom. The van der Waals surface area contributed by atoms with Gasteiger partial charge in [0.2, 0.25) is 11.8 Å². The molecule has 0 heterocycles. The maximum absolute atomic E-state index is 12.3. The van der Waals surface area contributed by atoms with Crippen molar-refractivity contribution in [1.29, 1.82) is 0 Å². The molecule has 0 radical (unpaired) electrons. The first kappa shape index (κ1) is 19.1. The van der Waals surface area contributed by atoms with Crippen molar-refractivity contribution in [3.05, 3.63) is 17.2 Å². The van der Waals surface area contributed by atoms with Crippen molar-refractivity contribution in [3.8, 4) is 11.5 Å². The van der Waals surface area contributed by atoms with Crippen molar-refractivity contribution in [2.24, 2.45) is 0 Å². The van der Waals surface area contributed by atoms with Crippen LogP contribution in [0.2, 0.25) is 5.02 Å². The third-order valence-electron chi connectivity index (χ3n) is 3.53. The summed E-state index contributed by atoms with van der Waals surface area (Å²) in [4.78, 5) is 27.4. The Morgan fingerprint density at radius 2 is 1.65 bits per heavy atom. The zero-order valence-corrected chi connectivity index (χ0v) is 14.9. The second kappa shape index (κ2) is 8.62. The molecule has 1 aromatic rings. The molecule has 0 N–H and O–H groups in total. The van der Waals surface area contributed by atoms with Crippen LogP contribution in [0, 0.1) is 0 Å². The minimum Gasteiger partial charge on any atom is -0.495 e. The molecule has 7 heteroatoms. The molecule has 0 aliphatic heterocycles. The van der Waals surface area contributed by atoms with E-state index >= 15 is 0 Å². The van der Waals surface area contributed by atoms with Crippen LogP contribution in [-0.2, 0) is 9.59 Å². The predicted octanol–water partition coefficient (Wildman–Crippen LogP) is 2.58. The molecule has 1 aromatic carbocycles. The Labute approximate surface area is 141 Å². The number of ether oxygens (including phenoxy) is 2. The number of likely N-dealkylation sites (N-methyl/N-ethyl adjacent to an activating group) is 1. The number of hydrogen-bond acceptors (Lipinski definition) is 4. The molecular formula is C16H23ClN2O4. The van der Waals surface area contributed by atoms with Gasteiger partial charge in [0.15, 0.2) is 0 Å². The Balaban J connectivity index is 3.25. The van der Waals surface area contributed by atoms with Gasteiger partial charge in [-0.3, -0.25) is 14.5 Å². The summed E-state index contributed by atoms with van der Waals surface area (Å²) in [5, 5.41) is 0.367. The van der Waals surface area contributed by atoms with Gasteiger partial charge in [-0.2, -0.15) is 0 Å². The average Bonchev–Trinajstić information content (AvgIpc) is 2.53. The van der Waals surface area contributed by atoms with E-state index in [9.17, 15) is 9.59 Å². The van der Waals surface area contributed by atoms with Crippen LogP contribution >= 0.6 is 11.6 Å². The second-order valence-electron chi connectivity index (χ2n) is 4.83. The summed E-state index contributed by atoms with van der Waals surface area (Å²) in [6.07, 6.45) is 0. The van der Waals surface area contributed by atoms with Gasteiger partial charge in [-0.1, -0.05) is 11.6 Å². The highest BCUT2D eigenvalue weighted by atomic mass is 35.5. The lowest BCUT2D eigenvalue weighted by molar-refractivity contribution is -0.130. The molecule has 0 spiro atoms. The van der Waals surface area contributed by atoms with E-state index in [0.29, 0.717) is 35.3 Å². The standard InChI is InChI=1S/C16H23ClN2O4/c1-6-18(7-2)16(21)10-19(11(3)20)13-9-14(22-4)12(17)8-15(13)23-5/h8-9H,6-7,10H2,1-5H3. The number of halogens is 1. The third kappa shape index (κ3) is 4.51. The average molecular weight is 343 g/mol. The lowest BCUT2D eigenvalue weighted by Gasteiger charge is -2.27. The van der Waals surface area contributed by atoms with E-state index in [1.165, 1.54) is 26.0 Å². The van der Waals surface area contributed by atoms with Crippen molar-refractivity contribution in [3.63, 3.8) is 0 Å². The maximum atomic E-state index is 12.3. The van der Waals surface area contributed by atoms with Crippen LogP contribution < -0.4 is 14.4 Å². The van der Waals surface area contributed by atoms with Gasteiger partial charge in [0, 0.05) is 32.1 Å². The molecule has 23 heavy (non-hydrogen) atoms. The number of methoxy groups -OCH3 is 2. The van der Waals surface area contributed by atoms with Crippen molar-refractivity contribution in [2.75, 3.05) is 38.8 Å². The summed E-state index contributed by atoms with van der Waals surface area (Å²) in [6.45, 7) is 6.29. The van der Waals surface area contributed by atoms with E-state index in [2.05, 4.69) is 0 Å². The van der Waals surface area contributed by atoms with Gasteiger partial charge in [0.05, 0.1) is 24.9 Å². The quantitative estimate of drug-likeness (QED) is 0.764. The van der Waals surface area contributed by atoms with Crippen molar-refractivity contribution in [1.82, 2.24) is 4.90 Å². The minimum atomic E-state index is -0.270. The third-order valence-corrected chi connectivity index (χ3v) is 3.83. The molecule has 128 valence electrons. The van der Waals surface area contributed by atoms with Gasteiger partial charge in [0.25, 0.3) is 0 Å².